The maximum Gasteiger partial charge on any atom is 0.270 e. The molecule has 136 valence electrons. The Morgan fingerprint density at radius 3 is 2.79 bits per heavy atom. The Morgan fingerprint density at radius 1 is 1.42 bits per heavy atom. The summed E-state index contributed by atoms with van der Waals surface area (Å²) in [7, 11) is 0. The lowest BCUT2D eigenvalue weighted by molar-refractivity contribution is -0.122. The molecule has 1 N–H and O–H groups in total. The highest BCUT2D eigenvalue weighted by molar-refractivity contribution is 6.99. The highest BCUT2D eigenvalue weighted by Gasteiger charge is 2.28. The van der Waals surface area contributed by atoms with Crippen LogP contribution in [0.4, 0.5) is 5.82 Å². The van der Waals surface area contributed by atoms with Gasteiger partial charge in [0.2, 0.25) is 11.7 Å². The van der Waals surface area contributed by atoms with Crippen LogP contribution in [-0.2, 0) is 9.53 Å². The Bertz CT molecular complexity index is 529. The van der Waals surface area contributed by atoms with E-state index in [4.69, 9.17) is 21.1 Å². The zero-order valence-corrected chi connectivity index (χ0v) is 16.0. The van der Waals surface area contributed by atoms with E-state index in [0.29, 0.717) is 38.7 Å². The second-order valence-electron chi connectivity index (χ2n) is 6.71. The predicted molar refractivity (Wildman–Crippen MR) is 95.2 cm³/mol. The highest BCUT2D eigenvalue weighted by atomic mass is 35.5. The normalized spacial score (nSPS) is 16.8. The van der Waals surface area contributed by atoms with E-state index < -0.39 is 5.38 Å². The molecule has 0 radical (unpaired) electrons. The van der Waals surface area contributed by atoms with E-state index in [1.165, 1.54) is 0 Å². The van der Waals surface area contributed by atoms with E-state index in [-0.39, 0.29) is 11.3 Å². The molecular weight excluding hydrogens is 352 g/mol. The topological polar surface area (TPSA) is 76.6 Å². The minimum absolute atomic E-state index is 0.145. The smallest absolute Gasteiger partial charge is 0.270 e. The van der Waals surface area contributed by atoms with E-state index in [0.717, 1.165) is 30.6 Å². The first-order valence-electron chi connectivity index (χ1n) is 8.09. The van der Waals surface area contributed by atoms with Gasteiger partial charge in [-0.1, -0.05) is 20.8 Å². The summed E-state index contributed by atoms with van der Waals surface area (Å²) in [5.41, 5.74) is -0.262. The molecule has 1 saturated heterocycles. The molecule has 1 amide bonds. The molecular formula is C15H25ClN4O3S. The molecule has 2 heterocycles. The van der Waals surface area contributed by atoms with Gasteiger partial charge in [0.05, 0.1) is 31.5 Å². The van der Waals surface area contributed by atoms with Crippen molar-refractivity contribution in [3.05, 3.63) is 0 Å². The number of ether oxygens (including phenoxy) is 2. The molecule has 2 rings (SSSR count). The number of halogens is 1. The van der Waals surface area contributed by atoms with Gasteiger partial charge in [0.15, 0.2) is 0 Å². The zero-order valence-electron chi connectivity index (χ0n) is 14.4. The highest BCUT2D eigenvalue weighted by Crippen LogP contribution is 2.26. The molecule has 24 heavy (non-hydrogen) atoms. The lowest BCUT2D eigenvalue weighted by Gasteiger charge is -2.26. The van der Waals surface area contributed by atoms with Crippen molar-refractivity contribution in [1.82, 2.24) is 14.1 Å². The summed E-state index contributed by atoms with van der Waals surface area (Å²) < 4.78 is 19.6. The van der Waals surface area contributed by atoms with E-state index >= 15 is 0 Å². The van der Waals surface area contributed by atoms with Gasteiger partial charge in [-0.3, -0.25) is 4.79 Å². The van der Waals surface area contributed by atoms with Gasteiger partial charge < -0.3 is 19.7 Å². The number of alkyl halides is 1. The lowest BCUT2D eigenvalue weighted by atomic mass is 9.91. The SMILES string of the molecule is CC(C)(C)C(Cl)C(=O)NCCCOc1nsnc1N1CCOCC1. The molecule has 9 heteroatoms. The van der Waals surface area contributed by atoms with Crippen LogP contribution in [0.2, 0.25) is 0 Å². The van der Waals surface area contributed by atoms with E-state index in [1.807, 2.05) is 20.8 Å². The van der Waals surface area contributed by atoms with Crippen LogP contribution < -0.4 is 15.0 Å². The van der Waals surface area contributed by atoms with Gasteiger partial charge in [-0.2, -0.15) is 4.37 Å². The fraction of sp³-hybridized carbons (Fsp3) is 0.800. The Morgan fingerprint density at radius 2 is 2.12 bits per heavy atom. The molecule has 1 aromatic rings. The van der Waals surface area contributed by atoms with Gasteiger partial charge in [0.25, 0.3) is 5.88 Å². The van der Waals surface area contributed by atoms with E-state index in [1.54, 1.807) is 0 Å². The molecule has 7 nitrogen and oxygen atoms in total. The average Bonchev–Trinajstić information content (AvgIpc) is 3.02. The number of carbonyl (C=O) groups is 1. The Kier molecular flexibility index (Phi) is 7.06. The van der Waals surface area contributed by atoms with Crippen molar-refractivity contribution >= 4 is 35.1 Å². The van der Waals surface area contributed by atoms with Crippen molar-refractivity contribution in [2.24, 2.45) is 5.41 Å². The number of amides is 1. The number of hydrogen-bond donors (Lipinski definition) is 1. The summed E-state index contributed by atoms with van der Waals surface area (Å²) in [5.74, 6) is 1.19. The van der Waals surface area contributed by atoms with Crippen LogP contribution in [-0.4, -0.2) is 59.5 Å². The van der Waals surface area contributed by atoms with Crippen molar-refractivity contribution in [3.8, 4) is 5.88 Å². The fourth-order valence-electron chi connectivity index (χ4n) is 2.17. The minimum atomic E-state index is -0.547. The molecule has 1 aromatic heterocycles. The van der Waals surface area contributed by atoms with Crippen molar-refractivity contribution in [2.75, 3.05) is 44.4 Å². The van der Waals surface area contributed by atoms with Gasteiger partial charge in [0.1, 0.15) is 5.38 Å². The molecule has 1 fully saturated rings. The van der Waals surface area contributed by atoms with Crippen molar-refractivity contribution < 1.29 is 14.3 Å². The monoisotopic (exact) mass is 376 g/mol. The fourth-order valence-corrected chi connectivity index (χ4v) is 2.77. The van der Waals surface area contributed by atoms with Gasteiger partial charge >= 0.3 is 0 Å². The molecule has 1 atom stereocenters. The van der Waals surface area contributed by atoms with Crippen LogP contribution in [0.3, 0.4) is 0 Å². The van der Waals surface area contributed by atoms with Crippen molar-refractivity contribution in [3.63, 3.8) is 0 Å². The van der Waals surface area contributed by atoms with Crippen LogP contribution in [0.1, 0.15) is 27.2 Å². The number of nitrogens with one attached hydrogen (secondary N) is 1. The van der Waals surface area contributed by atoms with E-state index in [2.05, 4.69) is 19.0 Å². The van der Waals surface area contributed by atoms with Gasteiger partial charge in [0, 0.05) is 19.6 Å². The number of anilines is 1. The summed E-state index contributed by atoms with van der Waals surface area (Å²) in [4.78, 5) is 14.0. The summed E-state index contributed by atoms with van der Waals surface area (Å²) in [5, 5.41) is 2.29. The molecule has 1 aliphatic rings. The maximum atomic E-state index is 11.9. The minimum Gasteiger partial charge on any atom is -0.474 e. The van der Waals surface area contributed by atoms with Gasteiger partial charge in [-0.25, -0.2) is 0 Å². The van der Waals surface area contributed by atoms with Crippen LogP contribution >= 0.6 is 23.3 Å². The van der Waals surface area contributed by atoms with Crippen LogP contribution in [0.5, 0.6) is 5.88 Å². The van der Waals surface area contributed by atoms with Crippen LogP contribution in [0.25, 0.3) is 0 Å². The Labute approximate surface area is 152 Å². The number of nitrogens with zero attached hydrogens (tertiary/aromatic N) is 3. The molecule has 1 aliphatic heterocycles. The number of aromatic nitrogens is 2. The summed E-state index contributed by atoms with van der Waals surface area (Å²) >= 11 is 7.27. The summed E-state index contributed by atoms with van der Waals surface area (Å²) in [6.45, 7) is 9.77. The zero-order chi connectivity index (χ0) is 17.6. The largest absolute Gasteiger partial charge is 0.474 e. The molecule has 1 unspecified atom stereocenters. The first-order chi connectivity index (χ1) is 11.4. The maximum absolute atomic E-state index is 11.9. The number of morpholine rings is 1. The molecule has 0 aliphatic carbocycles. The summed E-state index contributed by atoms with van der Waals surface area (Å²) in [6, 6.07) is 0. The van der Waals surface area contributed by atoms with Crippen molar-refractivity contribution in [1.29, 1.82) is 0 Å². The Hall–Kier alpha value is -1.12. The van der Waals surface area contributed by atoms with Crippen molar-refractivity contribution in [2.45, 2.75) is 32.6 Å². The first-order valence-corrected chi connectivity index (χ1v) is 9.26. The van der Waals surface area contributed by atoms with Gasteiger partial charge in [-0.05, 0) is 11.8 Å². The standard InChI is InChI=1S/C15H25ClN4O3S/c1-15(2,3)11(16)13(21)17-5-4-8-23-14-12(18-24-19-14)20-6-9-22-10-7-20/h11H,4-10H2,1-3H3,(H,17,21). The quantitative estimate of drug-likeness (QED) is 0.578. The second-order valence-corrected chi connectivity index (χ2v) is 7.68. The molecule has 0 saturated carbocycles. The van der Waals surface area contributed by atoms with E-state index in [9.17, 15) is 4.79 Å². The third-order valence-corrected chi connectivity index (χ3v) is 4.96. The molecule has 0 spiro atoms. The number of hydrogen-bond acceptors (Lipinski definition) is 7. The number of carbonyl (C=O) groups excluding carboxylic acids is 1. The Balaban J connectivity index is 1.70. The predicted octanol–water partition coefficient (Wildman–Crippen LogP) is 1.91. The van der Waals surface area contributed by atoms with Crippen LogP contribution in [0.15, 0.2) is 0 Å². The molecule has 0 aromatic carbocycles. The second kappa shape index (κ2) is 8.82. The lowest BCUT2D eigenvalue weighted by Crippen LogP contribution is -2.39. The number of rotatable bonds is 7. The third-order valence-electron chi connectivity index (χ3n) is 3.60. The summed E-state index contributed by atoms with van der Waals surface area (Å²) in [6.07, 6.45) is 0.680. The van der Waals surface area contributed by atoms with Gasteiger partial charge in [-0.15, -0.1) is 16.0 Å². The van der Waals surface area contributed by atoms with Crippen LogP contribution in [0, 0.1) is 5.41 Å². The first kappa shape index (κ1) is 19.2. The molecule has 0 bridgehead atoms. The average molecular weight is 377 g/mol. The third kappa shape index (κ3) is 5.46.